The van der Waals surface area contributed by atoms with Crippen molar-refractivity contribution in [2.45, 2.75) is 13.8 Å². The van der Waals surface area contributed by atoms with Crippen molar-refractivity contribution < 1.29 is 18.8 Å². The molecular weight excluding hydrogens is 398 g/mol. The molecule has 0 radical (unpaired) electrons. The maximum atomic E-state index is 13.0. The van der Waals surface area contributed by atoms with E-state index in [4.69, 9.17) is 9.26 Å². The molecule has 4 aromatic rings. The number of aromatic nitrogens is 2. The Balaban J connectivity index is 1.74. The molecule has 0 saturated heterocycles. The van der Waals surface area contributed by atoms with E-state index in [2.05, 4.69) is 15.5 Å². The lowest BCUT2D eigenvalue weighted by Gasteiger charge is -2.06. The van der Waals surface area contributed by atoms with Gasteiger partial charge in [-0.15, -0.1) is 22.7 Å². The Morgan fingerprint density at radius 2 is 1.96 bits per heavy atom. The molecule has 0 fully saturated rings. The molecule has 0 aliphatic carbocycles. The van der Waals surface area contributed by atoms with Gasteiger partial charge in [0.1, 0.15) is 4.88 Å². The van der Waals surface area contributed by atoms with Gasteiger partial charge in [0.15, 0.2) is 0 Å². The number of nitrogens with one attached hydrogen (secondary N) is 1. The van der Waals surface area contributed by atoms with Crippen LogP contribution in [0, 0.1) is 13.8 Å². The number of ether oxygens (including phenoxy) is 1. The fourth-order valence-electron chi connectivity index (χ4n) is 2.77. The van der Waals surface area contributed by atoms with Gasteiger partial charge in [-0.25, -0.2) is 9.78 Å². The Kier molecular flexibility index (Phi) is 4.70. The zero-order chi connectivity index (χ0) is 19.8. The number of fused-ring (bicyclic) bond motifs is 1. The first kappa shape index (κ1) is 18.3. The van der Waals surface area contributed by atoms with Gasteiger partial charge in [0.2, 0.25) is 0 Å². The van der Waals surface area contributed by atoms with E-state index in [1.54, 1.807) is 36.5 Å². The molecule has 9 heteroatoms. The Morgan fingerprint density at radius 3 is 2.68 bits per heavy atom. The number of carbonyl (C=O) groups excluding carboxylic acids is 2. The molecule has 142 valence electrons. The maximum Gasteiger partial charge on any atom is 0.348 e. The van der Waals surface area contributed by atoms with Crippen LogP contribution >= 0.6 is 22.7 Å². The molecule has 0 spiro atoms. The van der Waals surface area contributed by atoms with Gasteiger partial charge in [-0.1, -0.05) is 5.16 Å². The predicted molar refractivity (Wildman–Crippen MR) is 108 cm³/mol. The Labute approximate surface area is 168 Å². The maximum absolute atomic E-state index is 13.0. The number of amides is 1. The van der Waals surface area contributed by atoms with E-state index in [0.29, 0.717) is 37.9 Å². The van der Waals surface area contributed by atoms with Crippen LogP contribution < -0.4 is 5.32 Å². The summed E-state index contributed by atoms with van der Waals surface area (Å²) in [5, 5.41) is 7.89. The quantitative estimate of drug-likeness (QED) is 0.489. The molecular formula is C19H15N3O4S2. The average molecular weight is 413 g/mol. The van der Waals surface area contributed by atoms with Crippen molar-refractivity contribution in [3.05, 3.63) is 51.3 Å². The third kappa shape index (κ3) is 3.30. The highest BCUT2D eigenvalue weighted by molar-refractivity contribution is 7.18. The average Bonchev–Trinajstić information content (AvgIpc) is 3.41. The molecule has 4 heterocycles. The summed E-state index contributed by atoms with van der Waals surface area (Å²) in [5.74, 6) is -0.770. The lowest BCUT2D eigenvalue weighted by atomic mass is 10.1. The summed E-state index contributed by atoms with van der Waals surface area (Å²) in [7, 11) is 1.32. The molecule has 7 nitrogen and oxygen atoms in total. The molecule has 0 atom stereocenters. The summed E-state index contributed by atoms with van der Waals surface area (Å²) in [6, 6.07) is 8.97. The minimum Gasteiger partial charge on any atom is -0.465 e. The first-order chi connectivity index (χ1) is 13.5. The second-order valence-electron chi connectivity index (χ2n) is 6.02. The van der Waals surface area contributed by atoms with E-state index in [-0.39, 0.29) is 5.91 Å². The standard InChI is InChI=1S/C19H15N3O4S2/c1-9-4-5-13(27-9)12-8-11(16-10(2)22-26-18(16)20-12)17(23)21-15-7-6-14(28-15)19(24)25-3/h4-8H,1-3H3,(H,21,23). The van der Waals surface area contributed by atoms with E-state index in [1.165, 1.54) is 7.11 Å². The molecule has 4 aromatic heterocycles. The van der Waals surface area contributed by atoms with Crippen molar-refractivity contribution in [2.24, 2.45) is 0 Å². The highest BCUT2D eigenvalue weighted by Gasteiger charge is 2.21. The summed E-state index contributed by atoms with van der Waals surface area (Å²) in [6.45, 7) is 3.77. The normalized spacial score (nSPS) is 11.0. The summed E-state index contributed by atoms with van der Waals surface area (Å²) < 4.78 is 10.0. The van der Waals surface area contributed by atoms with Crippen LogP contribution in [-0.2, 0) is 4.74 Å². The summed E-state index contributed by atoms with van der Waals surface area (Å²) in [5.41, 5.74) is 1.96. The van der Waals surface area contributed by atoms with Gasteiger partial charge in [-0.3, -0.25) is 4.79 Å². The van der Waals surface area contributed by atoms with Crippen molar-refractivity contribution in [1.82, 2.24) is 10.1 Å². The predicted octanol–water partition coefficient (Wildman–Crippen LogP) is 4.67. The summed E-state index contributed by atoms with van der Waals surface area (Å²) in [4.78, 5) is 31.6. The number of hydrogen-bond acceptors (Lipinski definition) is 8. The van der Waals surface area contributed by atoms with Crippen LogP contribution in [0.25, 0.3) is 21.7 Å². The highest BCUT2D eigenvalue weighted by Crippen LogP contribution is 2.32. The zero-order valence-electron chi connectivity index (χ0n) is 15.2. The summed E-state index contributed by atoms with van der Waals surface area (Å²) in [6.07, 6.45) is 0. The van der Waals surface area contributed by atoms with Crippen LogP contribution in [0.4, 0.5) is 5.00 Å². The first-order valence-corrected chi connectivity index (χ1v) is 9.93. The number of thiophene rings is 2. The van der Waals surface area contributed by atoms with Gasteiger partial charge in [0, 0.05) is 4.88 Å². The number of carbonyl (C=O) groups is 2. The van der Waals surface area contributed by atoms with Crippen molar-refractivity contribution in [1.29, 1.82) is 0 Å². The van der Waals surface area contributed by atoms with Crippen molar-refractivity contribution in [2.75, 3.05) is 12.4 Å². The smallest absolute Gasteiger partial charge is 0.348 e. The van der Waals surface area contributed by atoms with E-state index in [1.807, 2.05) is 19.1 Å². The van der Waals surface area contributed by atoms with E-state index in [9.17, 15) is 9.59 Å². The Bertz CT molecular complexity index is 1210. The lowest BCUT2D eigenvalue weighted by Crippen LogP contribution is -2.12. The minimum absolute atomic E-state index is 0.313. The molecule has 0 aliphatic heterocycles. The van der Waals surface area contributed by atoms with Crippen molar-refractivity contribution in [3.8, 4) is 10.6 Å². The van der Waals surface area contributed by atoms with Crippen LogP contribution in [0.15, 0.2) is 34.9 Å². The van der Waals surface area contributed by atoms with Gasteiger partial charge >= 0.3 is 5.97 Å². The molecule has 1 amide bonds. The molecule has 0 aliphatic rings. The number of pyridine rings is 1. The number of anilines is 1. The van der Waals surface area contributed by atoms with Crippen LogP contribution in [-0.4, -0.2) is 29.1 Å². The van der Waals surface area contributed by atoms with Gasteiger partial charge in [0.05, 0.1) is 39.3 Å². The number of aryl methyl sites for hydroxylation is 2. The number of hydrogen-bond donors (Lipinski definition) is 1. The third-order valence-corrected chi connectivity index (χ3v) is 6.09. The van der Waals surface area contributed by atoms with Gasteiger partial charge in [0.25, 0.3) is 11.6 Å². The fourth-order valence-corrected chi connectivity index (χ4v) is 4.41. The van der Waals surface area contributed by atoms with Gasteiger partial charge < -0.3 is 14.6 Å². The molecule has 28 heavy (non-hydrogen) atoms. The van der Waals surface area contributed by atoms with E-state index >= 15 is 0 Å². The van der Waals surface area contributed by atoms with E-state index < -0.39 is 5.97 Å². The van der Waals surface area contributed by atoms with Crippen molar-refractivity contribution in [3.63, 3.8) is 0 Å². The van der Waals surface area contributed by atoms with Crippen LogP contribution in [0.3, 0.4) is 0 Å². The van der Waals surface area contributed by atoms with E-state index in [0.717, 1.165) is 21.1 Å². The number of methoxy groups -OCH3 is 1. The zero-order valence-corrected chi connectivity index (χ0v) is 16.9. The summed E-state index contributed by atoms with van der Waals surface area (Å²) >= 11 is 2.73. The SMILES string of the molecule is COC(=O)c1ccc(NC(=O)c2cc(-c3ccc(C)s3)nc3onc(C)c23)s1. The fraction of sp³-hybridized carbons (Fsp3) is 0.158. The Hall–Kier alpha value is -3.04. The Morgan fingerprint density at radius 1 is 1.14 bits per heavy atom. The number of rotatable bonds is 4. The second kappa shape index (κ2) is 7.17. The molecule has 0 aromatic carbocycles. The molecule has 0 bridgehead atoms. The van der Waals surface area contributed by atoms with Gasteiger partial charge in [-0.05, 0) is 44.2 Å². The molecule has 0 unspecified atom stereocenters. The molecule has 0 saturated carbocycles. The monoisotopic (exact) mass is 413 g/mol. The minimum atomic E-state index is -0.443. The van der Waals surface area contributed by atoms with Crippen LogP contribution in [0.1, 0.15) is 30.6 Å². The molecule has 4 rings (SSSR count). The topological polar surface area (TPSA) is 94.3 Å². The number of esters is 1. The van der Waals surface area contributed by atoms with Crippen LogP contribution in [0.2, 0.25) is 0 Å². The third-order valence-electron chi connectivity index (χ3n) is 4.08. The van der Waals surface area contributed by atoms with Crippen LogP contribution in [0.5, 0.6) is 0 Å². The first-order valence-electron chi connectivity index (χ1n) is 8.29. The lowest BCUT2D eigenvalue weighted by molar-refractivity contribution is 0.0606. The van der Waals surface area contributed by atoms with Crippen molar-refractivity contribution >= 4 is 50.7 Å². The molecule has 1 N–H and O–H groups in total. The largest absolute Gasteiger partial charge is 0.465 e. The van der Waals surface area contributed by atoms with Gasteiger partial charge in [-0.2, -0.15) is 0 Å². The second-order valence-corrected chi connectivity index (χ2v) is 8.39. The highest BCUT2D eigenvalue weighted by atomic mass is 32.1. The number of nitrogens with zero attached hydrogens (tertiary/aromatic N) is 2.